The topological polar surface area (TPSA) is 91.6 Å². The summed E-state index contributed by atoms with van der Waals surface area (Å²) in [5.74, 6) is 0.212. The molecule has 0 heterocycles. The first-order chi connectivity index (χ1) is 12.6. The van der Waals surface area contributed by atoms with E-state index < -0.39 is 6.09 Å². The fourth-order valence-electron chi connectivity index (χ4n) is 2.22. The third-order valence-corrected chi connectivity index (χ3v) is 3.54. The van der Waals surface area contributed by atoms with Crippen molar-refractivity contribution in [2.24, 2.45) is 0 Å². The fraction of sp³-hybridized carbons (Fsp3) is 0.200. The van der Waals surface area contributed by atoms with Gasteiger partial charge in [0.2, 0.25) is 0 Å². The molecule has 26 heavy (non-hydrogen) atoms. The van der Waals surface area contributed by atoms with E-state index in [0.29, 0.717) is 24.1 Å². The molecule has 0 unspecified atom stereocenters. The molecule has 6 nitrogen and oxygen atoms in total. The van der Waals surface area contributed by atoms with E-state index in [2.05, 4.69) is 5.32 Å². The van der Waals surface area contributed by atoms with Crippen LogP contribution in [0.25, 0.3) is 6.08 Å². The minimum atomic E-state index is -0.488. The van der Waals surface area contributed by atoms with Gasteiger partial charge in [0.25, 0.3) is 0 Å². The SMILES string of the molecule is COc1cc(C#N)cc(C=CCCNC(=O)OCc2ccccc2)c1O. The zero-order chi connectivity index (χ0) is 18.8. The number of alkyl carbamates (subject to hydrolysis) is 1. The van der Waals surface area contributed by atoms with Crippen molar-refractivity contribution in [1.29, 1.82) is 5.26 Å². The number of hydrogen-bond donors (Lipinski definition) is 2. The van der Waals surface area contributed by atoms with Crippen LogP contribution < -0.4 is 10.1 Å². The average Bonchev–Trinajstić information content (AvgIpc) is 2.68. The van der Waals surface area contributed by atoms with E-state index in [1.807, 2.05) is 36.4 Å². The molecule has 0 aliphatic carbocycles. The third-order valence-electron chi connectivity index (χ3n) is 3.54. The molecule has 1 amide bonds. The summed E-state index contributed by atoms with van der Waals surface area (Å²) in [6.07, 6.45) is 3.51. The van der Waals surface area contributed by atoms with Crippen molar-refractivity contribution in [3.63, 3.8) is 0 Å². The Morgan fingerprint density at radius 2 is 2.08 bits per heavy atom. The van der Waals surface area contributed by atoms with Crippen molar-refractivity contribution in [1.82, 2.24) is 5.32 Å². The van der Waals surface area contributed by atoms with Crippen molar-refractivity contribution in [2.45, 2.75) is 13.0 Å². The van der Waals surface area contributed by atoms with Gasteiger partial charge in [0.15, 0.2) is 11.5 Å². The molecule has 2 aromatic carbocycles. The van der Waals surface area contributed by atoms with Crippen LogP contribution in [0.2, 0.25) is 0 Å². The van der Waals surface area contributed by atoms with Crippen molar-refractivity contribution in [3.8, 4) is 17.6 Å². The third kappa shape index (κ3) is 5.56. The highest BCUT2D eigenvalue weighted by atomic mass is 16.5. The van der Waals surface area contributed by atoms with E-state index in [1.165, 1.54) is 13.2 Å². The first-order valence-corrected chi connectivity index (χ1v) is 8.06. The van der Waals surface area contributed by atoms with Gasteiger partial charge in [-0.1, -0.05) is 42.5 Å². The lowest BCUT2D eigenvalue weighted by Gasteiger charge is -2.07. The number of rotatable bonds is 7. The predicted octanol–water partition coefficient (Wildman–Crippen LogP) is 3.60. The van der Waals surface area contributed by atoms with Gasteiger partial charge in [-0.05, 0) is 18.1 Å². The number of carbonyl (C=O) groups excluding carboxylic acids is 1. The zero-order valence-corrected chi connectivity index (χ0v) is 14.4. The molecule has 0 spiro atoms. The number of phenols is 1. The fourth-order valence-corrected chi connectivity index (χ4v) is 2.22. The first-order valence-electron chi connectivity index (χ1n) is 8.06. The van der Waals surface area contributed by atoms with Gasteiger partial charge < -0.3 is 19.9 Å². The maximum absolute atomic E-state index is 11.6. The van der Waals surface area contributed by atoms with Crippen LogP contribution in [0.4, 0.5) is 4.79 Å². The Hall–Kier alpha value is -3.46. The number of ether oxygens (including phenoxy) is 2. The molecule has 0 fully saturated rings. The van der Waals surface area contributed by atoms with Gasteiger partial charge in [-0.15, -0.1) is 0 Å². The Morgan fingerprint density at radius 3 is 2.77 bits per heavy atom. The molecule has 2 N–H and O–H groups in total. The van der Waals surface area contributed by atoms with Crippen molar-refractivity contribution < 1.29 is 19.4 Å². The highest BCUT2D eigenvalue weighted by molar-refractivity contribution is 5.67. The second kappa shape index (κ2) is 9.74. The zero-order valence-electron chi connectivity index (χ0n) is 14.4. The summed E-state index contributed by atoms with van der Waals surface area (Å²) in [6.45, 7) is 0.608. The standard InChI is InChI=1S/C20H20N2O4/c1-25-18-12-16(13-21)11-17(19(18)23)9-5-6-10-22-20(24)26-14-15-7-3-2-4-8-15/h2-5,7-9,11-12,23H,6,10,14H2,1H3,(H,22,24). The van der Waals surface area contributed by atoms with E-state index in [9.17, 15) is 9.90 Å². The number of hydrogen-bond acceptors (Lipinski definition) is 5. The molecular formula is C20H20N2O4. The Morgan fingerprint density at radius 1 is 1.31 bits per heavy atom. The molecule has 0 bridgehead atoms. The van der Waals surface area contributed by atoms with Crippen LogP contribution in [-0.4, -0.2) is 24.9 Å². The maximum Gasteiger partial charge on any atom is 0.407 e. The van der Waals surface area contributed by atoms with Crippen LogP contribution in [0, 0.1) is 11.3 Å². The largest absolute Gasteiger partial charge is 0.504 e. The van der Waals surface area contributed by atoms with Crippen LogP contribution in [0.5, 0.6) is 11.5 Å². The van der Waals surface area contributed by atoms with Crippen molar-refractivity contribution in [3.05, 3.63) is 65.2 Å². The number of nitrogens with one attached hydrogen (secondary N) is 1. The molecule has 0 radical (unpaired) electrons. The van der Waals surface area contributed by atoms with Crippen LogP contribution in [0.15, 0.2) is 48.5 Å². The normalized spacial score (nSPS) is 10.3. The average molecular weight is 352 g/mol. The summed E-state index contributed by atoms with van der Waals surface area (Å²) in [4.78, 5) is 11.6. The molecule has 6 heteroatoms. The molecule has 2 rings (SSSR count). The number of amides is 1. The summed E-state index contributed by atoms with van der Waals surface area (Å²) in [5, 5.41) is 21.7. The number of methoxy groups -OCH3 is 1. The van der Waals surface area contributed by atoms with E-state index in [1.54, 1.807) is 18.2 Å². The van der Waals surface area contributed by atoms with Crippen molar-refractivity contribution in [2.75, 3.05) is 13.7 Å². The summed E-state index contributed by atoms with van der Waals surface area (Å²) in [7, 11) is 1.43. The predicted molar refractivity (Wildman–Crippen MR) is 97.7 cm³/mol. The Kier molecular flexibility index (Phi) is 7.07. The van der Waals surface area contributed by atoms with E-state index in [0.717, 1.165) is 5.56 Å². The molecule has 2 aromatic rings. The molecule has 0 atom stereocenters. The highest BCUT2D eigenvalue weighted by Crippen LogP contribution is 2.32. The van der Waals surface area contributed by atoms with Gasteiger partial charge in [0, 0.05) is 18.2 Å². The molecule has 134 valence electrons. The molecule has 0 saturated carbocycles. The van der Waals surface area contributed by atoms with Crippen molar-refractivity contribution >= 4 is 12.2 Å². The first kappa shape index (κ1) is 18.9. The van der Waals surface area contributed by atoms with E-state index >= 15 is 0 Å². The maximum atomic E-state index is 11.6. The quantitative estimate of drug-likeness (QED) is 0.743. The van der Waals surface area contributed by atoms with Crippen LogP contribution in [-0.2, 0) is 11.3 Å². The lowest BCUT2D eigenvalue weighted by Crippen LogP contribution is -2.24. The van der Waals surface area contributed by atoms with E-state index in [-0.39, 0.29) is 18.1 Å². The number of aromatic hydroxyl groups is 1. The molecule has 0 aliphatic rings. The molecule has 0 aliphatic heterocycles. The molecule has 0 saturated heterocycles. The number of benzene rings is 2. The highest BCUT2D eigenvalue weighted by Gasteiger charge is 2.08. The Balaban J connectivity index is 1.79. The van der Waals surface area contributed by atoms with Crippen LogP contribution in [0.3, 0.4) is 0 Å². The minimum Gasteiger partial charge on any atom is -0.504 e. The summed E-state index contributed by atoms with van der Waals surface area (Å²) < 4.78 is 10.1. The van der Waals surface area contributed by atoms with Crippen LogP contribution in [0.1, 0.15) is 23.1 Å². The lowest BCUT2D eigenvalue weighted by molar-refractivity contribution is 0.140. The van der Waals surface area contributed by atoms with Gasteiger partial charge in [-0.2, -0.15) is 5.26 Å². The second-order valence-electron chi connectivity index (χ2n) is 5.41. The number of nitrogens with zero attached hydrogens (tertiary/aromatic N) is 1. The summed E-state index contributed by atoms with van der Waals surface area (Å²) in [6, 6.07) is 14.5. The monoisotopic (exact) mass is 352 g/mol. The van der Waals surface area contributed by atoms with Gasteiger partial charge >= 0.3 is 6.09 Å². The second-order valence-corrected chi connectivity index (χ2v) is 5.41. The van der Waals surface area contributed by atoms with Gasteiger partial charge in [0.05, 0.1) is 18.7 Å². The molecular weight excluding hydrogens is 332 g/mol. The molecule has 0 aromatic heterocycles. The van der Waals surface area contributed by atoms with Crippen LogP contribution >= 0.6 is 0 Å². The summed E-state index contributed by atoms with van der Waals surface area (Å²) in [5.41, 5.74) is 1.79. The lowest BCUT2D eigenvalue weighted by atomic mass is 10.1. The minimum absolute atomic E-state index is 0.0296. The van der Waals surface area contributed by atoms with Gasteiger partial charge in [0.1, 0.15) is 6.61 Å². The van der Waals surface area contributed by atoms with E-state index in [4.69, 9.17) is 14.7 Å². The van der Waals surface area contributed by atoms with Gasteiger partial charge in [-0.25, -0.2) is 4.79 Å². The Bertz CT molecular complexity index is 811. The number of carbonyl (C=O) groups is 1. The number of phenolic OH excluding ortho intramolecular Hbond substituents is 1. The smallest absolute Gasteiger partial charge is 0.407 e. The Labute approximate surface area is 152 Å². The summed E-state index contributed by atoms with van der Waals surface area (Å²) >= 11 is 0. The number of nitriles is 1. The van der Waals surface area contributed by atoms with Gasteiger partial charge in [-0.3, -0.25) is 0 Å².